The molecule has 0 spiro atoms. The molecule has 0 bridgehead atoms. The fourth-order valence-electron chi connectivity index (χ4n) is 2.06. The van der Waals surface area contributed by atoms with E-state index in [2.05, 4.69) is 20.2 Å². The molecule has 0 saturated carbocycles. The molecule has 0 aromatic carbocycles. The summed E-state index contributed by atoms with van der Waals surface area (Å²) in [5.41, 5.74) is 0. The molecule has 1 aliphatic heterocycles. The van der Waals surface area contributed by atoms with Crippen LogP contribution in [0.1, 0.15) is 19.8 Å². The van der Waals surface area contributed by atoms with Crippen molar-refractivity contribution in [3.05, 3.63) is 12.1 Å². The molecule has 10 heteroatoms. The number of rotatable bonds is 6. The minimum absolute atomic E-state index is 0.0224. The lowest BCUT2D eigenvalue weighted by molar-refractivity contribution is 0.598. The Morgan fingerprint density at radius 1 is 1.29 bits per heavy atom. The number of sulfone groups is 1. The maximum absolute atomic E-state index is 11.6. The van der Waals surface area contributed by atoms with E-state index in [1.54, 1.807) is 13.0 Å². The van der Waals surface area contributed by atoms with Gasteiger partial charge in [0.25, 0.3) is 0 Å². The van der Waals surface area contributed by atoms with E-state index in [0.717, 1.165) is 0 Å². The van der Waals surface area contributed by atoms with E-state index < -0.39 is 19.9 Å². The van der Waals surface area contributed by atoms with Gasteiger partial charge in [-0.2, -0.15) is 0 Å². The molecule has 2 N–H and O–H groups in total. The first-order valence-electron chi connectivity index (χ1n) is 6.61. The number of hydrogen-bond donors (Lipinski definition) is 2. The molecule has 118 valence electrons. The summed E-state index contributed by atoms with van der Waals surface area (Å²) in [6, 6.07) is 2.89. The van der Waals surface area contributed by atoms with Gasteiger partial charge in [0.15, 0.2) is 15.7 Å². The molecule has 1 aromatic heterocycles. The van der Waals surface area contributed by atoms with Gasteiger partial charge in [-0.3, -0.25) is 4.72 Å². The summed E-state index contributed by atoms with van der Waals surface area (Å²) in [6.07, 6.45) is 1.05. The van der Waals surface area contributed by atoms with Crippen LogP contribution < -0.4 is 10.0 Å². The zero-order chi connectivity index (χ0) is 15.5. The Hall–Kier alpha value is -1.42. The van der Waals surface area contributed by atoms with Crippen molar-refractivity contribution in [3.63, 3.8) is 0 Å². The van der Waals surface area contributed by atoms with E-state index in [0.29, 0.717) is 18.7 Å². The highest BCUT2D eigenvalue weighted by molar-refractivity contribution is 7.92. The molecule has 1 fully saturated rings. The average molecular weight is 334 g/mol. The zero-order valence-corrected chi connectivity index (χ0v) is 13.2. The number of nitrogens with zero attached hydrogens (tertiary/aromatic N) is 2. The molecule has 0 radical (unpaired) electrons. The quantitative estimate of drug-likeness (QED) is 0.764. The summed E-state index contributed by atoms with van der Waals surface area (Å²) in [7, 11) is -6.34. The molecular formula is C11H18N4O4S2. The molecule has 1 aliphatic rings. The van der Waals surface area contributed by atoms with E-state index in [1.807, 2.05) is 0 Å². The molecule has 1 unspecified atom stereocenters. The van der Waals surface area contributed by atoms with Crippen LogP contribution in [-0.4, -0.2) is 50.3 Å². The Morgan fingerprint density at radius 3 is 2.48 bits per heavy atom. The van der Waals surface area contributed by atoms with Gasteiger partial charge in [-0.1, -0.05) is 6.92 Å². The van der Waals surface area contributed by atoms with Gasteiger partial charge in [0.05, 0.1) is 17.3 Å². The van der Waals surface area contributed by atoms with Crippen molar-refractivity contribution in [2.75, 3.05) is 27.3 Å². The molecule has 2 heterocycles. The van der Waals surface area contributed by atoms with Crippen LogP contribution in [-0.2, 0) is 19.9 Å². The molecule has 1 aromatic rings. The molecule has 2 rings (SSSR count). The maximum atomic E-state index is 11.6. The van der Waals surface area contributed by atoms with Gasteiger partial charge in [0, 0.05) is 6.04 Å². The first kappa shape index (κ1) is 16.0. The lowest BCUT2D eigenvalue weighted by Crippen LogP contribution is -2.22. The van der Waals surface area contributed by atoms with Gasteiger partial charge in [0.1, 0.15) is 5.82 Å². The van der Waals surface area contributed by atoms with Crippen LogP contribution in [0.15, 0.2) is 12.1 Å². The SMILES string of the molecule is CCCS(=O)(=O)Nc1ccc(NC2CCS(=O)(=O)C2)nn1. The second-order valence-electron chi connectivity index (χ2n) is 4.97. The van der Waals surface area contributed by atoms with Crippen LogP contribution in [0.2, 0.25) is 0 Å². The van der Waals surface area contributed by atoms with E-state index in [1.165, 1.54) is 6.07 Å². The molecule has 21 heavy (non-hydrogen) atoms. The number of sulfonamides is 1. The van der Waals surface area contributed by atoms with Crippen molar-refractivity contribution < 1.29 is 16.8 Å². The van der Waals surface area contributed by atoms with Crippen molar-refractivity contribution in [1.29, 1.82) is 0 Å². The second-order valence-corrected chi connectivity index (χ2v) is 9.04. The Balaban J connectivity index is 1.96. The maximum Gasteiger partial charge on any atom is 0.233 e. The monoisotopic (exact) mass is 334 g/mol. The van der Waals surface area contributed by atoms with Crippen LogP contribution in [0.3, 0.4) is 0 Å². The van der Waals surface area contributed by atoms with E-state index in [4.69, 9.17) is 0 Å². The molecule has 0 amide bonds. The van der Waals surface area contributed by atoms with Crippen LogP contribution in [0.4, 0.5) is 11.6 Å². The third-order valence-electron chi connectivity index (χ3n) is 2.98. The lowest BCUT2D eigenvalue weighted by Gasteiger charge is -2.11. The summed E-state index contributed by atoms with van der Waals surface area (Å²) in [6.45, 7) is 1.77. The average Bonchev–Trinajstić information content (AvgIpc) is 2.71. The summed E-state index contributed by atoms with van der Waals surface area (Å²) < 4.78 is 48.2. The summed E-state index contributed by atoms with van der Waals surface area (Å²) in [5, 5.41) is 10.6. The van der Waals surface area contributed by atoms with Gasteiger partial charge in [-0.15, -0.1) is 10.2 Å². The fraction of sp³-hybridized carbons (Fsp3) is 0.636. The zero-order valence-electron chi connectivity index (χ0n) is 11.6. The Morgan fingerprint density at radius 2 is 1.95 bits per heavy atom. The largest absolute Gasteiger partial charge is 0.365 e. The highest BCUT2D eigenvalue weighted by Crippen LogP contribution is 2.16. The number of aromatic nitrogens is 2. The molecule has 8 nitrogen and oxygen atoms in total. The van der Waals surface area contributed by atoms with Crippen LogP contribution in [0, 0.1) is 0 Å². The van der Waals surface area contributed by atoms with Crippen molar-refractivity contribution in [1.82, 2.24) is 10.2 Å². The van der Waals surface area contributed by atoms with Crippen molar-refractivity contribution in [2.45, 2.75) is 25.8 Å². The second kappa shape index (κ2) is 6.14. The number of anilines is 2. The predicted molar refractivity (Wildman–Crippen MR) is 80.4 cm³/mol. The van der Waals surface area contributed by atoms with Gasteiger partial charge in [-0.05, 0) is 25.0 Å². The fourth-order valence-corrected chi connectivity index (χ4v) is 4.80. The van der Waals surface area contributed by atoms with Gasteiger partial charge < -0.3 is 5.32 Å². The molecular weight excluding hydrogens is 316 g/mol. The summed E-state index contributed by atoms with van der Waals surface area (Å²) in [5.74, 6) is 0.852. The van der Waals surface area contributed by atoms with Gasteiger partial charge in [0.2, 0.25) is 10.0 Å². The van der Waals surface area contributed by atoms with Crippen molar-refractivity contribution in [3.8, 4) is 0 Å². The molecule has 1 atom stereocenters. The van der Waals surface area contributed by atoms with E-state index in [9.17, 15) is 16.8 Å². The van der Waals surface area contributed by atoms with Gasteiger partial charge >= 0.3 is 0 Å². The Kier molecular flexibility index (Phi) is 4.67. The smallest absolute Gasteiger partial charge is 0.233 e. The normalized spacial score (nSPS) is 21.1. The highest BCUT2D eigenvalue weighted by atomic mass is 32.2. The minimum Gasteiger partial charge on any atom is -0.365 e. The van der Waals surface area contributed by atoms with E-state index >= 15 is 0 Å². The summed E-state index contributed by atoms with van der Waals surface area (Å²) in [4.78, 5) is 0. The third kappa shape index (κ3) is 4.81. The summed E-state index contributed by atoms with van der Waals surface area (Å²) >= 11 is 0. The molecule has 1 saturated heterocycles. The van der Waals surface area contributed by atoms with Crippen LogP contribution in [0.25, 0.3) is 0 Å². The first-order valence-corrected chi connectivity index (χ1v) is 10.1. The third-order valence-corrected chi connectivity index (χ3v) is 6.22. The van der Waals surface area contributed by atoms with Crippen molar-refractivity contribution >= 4 is 31.5 Å². The van der Waals surface area contributed by atoms with E-state index in [-0.39, 0.29) is 29.1 Å². The van der Waals surface area contributed by atoms with Gasteiger partial charge in [-0.25, -0.2) is 16.8 Å². The lowest BCUT2D eigenvalue weighted by atomic mass is 10.2. The van der Waals surface area contributed by atoms with Crippen molar-refractivity contribution in [2.24, 2.45) is 0 Å². The predicted octanol–water partition coefficient (Wildman–Crippen LogP) is 0.227. The topological polar surface area (TPSA) is 118 Å². The van der Waals surface area contributed by atoms with Crippen LogP contribution >= 0.6 is 0 Å². The minimum atomic E-state index is -3.39. The highest BCUT2D eigenvalue weighted by Gasteiger charge is 2.27. The number of nitrogens with one attached hydrogen (secondary N) is 2. The number of hydrogen-bond acceptors (Lipinski definition) is 7. The standard InChI is InChI=1S/C11H18N4O4S2/c1-2-6-21(18,19)15-11-4-3-10(13-14-11)12-9-5-7-20(16,17)8-9/h3-4,9H,2,5-8H2,1H3,(H,12,13)(H,14,15). The van der Waals surface area contributed by atoms with Crippen LogP contribution in [0.5, 0.6) is 0 Å². The molecule has 0 aliphatic carbocycles. The Labute approximate surface area is 124 Å². The Bertz CT molecular complexity index is 685. The first-order chi connectivity index (χ1) is 9.80.